The summed E-state index contributed by atoms with van der Waals surface area (Å²) < 4.78 is 0. The van der Waals surface area contributed by atoms with Crippen LogP contribution in [0.1, 0.15) is 37.0 Å². The van der Waals surface area contributed by atoms with E-state index < -0.39 is 0 Å². The lowest BCUT2D eigenvalue weighted by Gasteiger charge is -2.09. The SMILES string of the molecule is CCSc1ccc(C(=O)NCCC(O)CC)cc1. The predicted molar refractivity (Wildman–Crippen MR) is 76.1 cm³/mol. The first kappa shape index (κ1) is 15.1. The molecular weight excluding hydrogens is 246 g/mol. The zero-order chi connectivity index (χ0) is 13.4. The monoisotopic (exact) mass is 267 g/mol. The van der Waals surface area contributed by atoms with Crippen molar-refractivity contribution in [2.75, 3.05) is 12.3 Å². The number of rotatable bonds is 7. The Hall–Kier alpha value is -1.00. The first-order valence-electron chi connectivity index (χ1n) is 6.36. The second-order valence-corrected chi connectivity index (χ2v) is 5.40. The summed E-state index contributed by atoms with van der Waals surface area (Å²) >= 11 is 1.76. The van der Waals surface area contributed by atoms with Crippen molar-refractivity contribution in [3.05, 3.63) is 29.8 Å². The average Bonchev–Trinajstić information content (AvgIpc) is 2.39. The molecule has 1 amide bonds. The summed E-state index contributed by atoms with van der Waals surface area (Å²) in [6, 6.07) is 7.60. The summed E-state index contributed by atoms with van der Waals surface area (Å²) in [5.41, 5.74) is 0.668. The molecule has 18 heavy (non-hydrogen) atoms. The number of hydrogen-bond acceptors (Lipinski definition) is 3. The van der Waals surface area contributed by atoms with E-state index in [4.69, 9.17) is 0 Å². The Morgan fingerprint density at radius 3 is 2.56 bits per heavy atom. The van der Waals surface area contributed by atoms with Gasteiger partial charge >= 0.3 is 0 Å². The Morgan fingerprint density at radius 1 is 1.33 bits per heavy atom. The summed E-state index contributed by atoms with van der Waals surface area (Å²) in [5, 5.41) is 12.2. The Kier molecular flexibility index (Phi) is 6.83. The van der Waals surface area contributed by atoms with Gasteiger partial charge in [0, 0.05) is 17.0 Å². The third-order valence-electron chi connectivity index (χ3n) is 2.66. The van der Waals surface area contributed by atoms with Crippen LogP contribution in [0.5, 0.6) is 0 Å². The standard InChI is InChI=1S/C14H21NO2S/c1-3-12(16)9-10-15-14(17)11-5-7-13(8-6-11)18-4-2/h5-8,12,16H,3-4,9-10H2,1-2H3,(H,15,17). The van der Waals surface area contributed by atoms with Gasteiger partial charge in [-0.1, -0.05) is 13.8 Å². The van der Waals surface area contributed by atoms with Crippen LogP contribution in [0.2, 0.25) is 0 Å². The lowest BCUT2D eigenvalue weighted by Crippen LogP contribution is -2.26. The van der Waals surface area contributed by atoms with Gasteiger partial charge in [-0.25, -0.2) is 0 Å². The van der Waals surface area contributed by atoms with E-state index in [1.54, 1.807) is 11.8 Å². The van der Waals surface area contributed by atoms with Gasteiger partial charge in [0.25, 0.3) is 5.91 Å². The minimum Gasteiger partial charge on any atom is -0.393 e. The smallest absolute Gasteiger partial charge is 0.251 e. The number of carbonyl (C=O) groups is 1. The summed E-state index contributed by atoms with van der Waals surface area (Å²) in [6.07, 6.45) is 0.999. The molecule has 1 atom stereocenters. The fraction of sp³-hybridized carbons (Fsp3) is 0.500. The molecule has 0 aliphatic heterocycles. The van der Waals surface area contributed by atoms with E-state index in [1.165, 1.54) is 4.90 Å². The molecule has 1 unspecified atom stereocenters. The van der Waals surface area contributed by atoms with E-state index in [0.29, 0.717) is 18.5 Å². The number of amides is 1. The Labute approximate surface area is 113 Å². The second kappa shape index (κ2) is 8.16. The van der Waals surface area contributed by atoms with Crippen molar-refractivity contribution in [1.82, 2.24) is 5.32 Å². The number of benzene rings is 1. The zero-order valence-electron chi connectivity index (χ0n) is 11.0. The van der Waals surface area contributed by atoms with Crippen LogP contribution in [0.4, 0.5) is 0 Å². The molecule has 0 aliphatic rings. The van der Waals surface area contributed by atoms with Gasteiger partial charge in [-0.05, 0) is 42.9 Å². The van der Waals surface area contributed by atoms with Gasteiger partial charge < -0.3 is 10.4 Å². The zero-order valence-corrected chi connectivity index (χ0v) is 11.8. The largest absolute Gasteiger partial charge is 0.393 e. The van der Waals surface area contributed by atoms with E-state index in [9.17, 15) is 9.90 Å². The Balaban J connectivity index is 2.41. The van der Waals surface area contributed by atoms with Gasteiger partial charge in [-0.2, -0.15) is 0 Å². The molecule has 2 N–H and O–H groups in total. The van der Waals surface area contributed by atoms with Crippen LogP contribution in [0.15, 0.2) is 29.2 Å². The molecule has 3 nitrogen and oxygen atoms in total. The number of aliphatic hydroxyl groups is 1. The average molecular weight is 267 g/mol. The molecule has 1 aromatic carbocycles. The molecular formula is C14H21NO2S. The van der Waals surface area contributed by atoms with Crippen molar-refractivity contribution < 1.29 is 9.90 Å². The molecule has 100 valence electrons. The molecule has 0 saturated carbocycles. The first-order chi connectivity index (χ1) is 8.67. The third kappa shape index (κ3) is 5.10. The summed E-state index contributed by atoms with van der Waals surface area (Å²) in [5.74, 6) is 0.951. The van der Waals surface area contributed by atoms with E-state index in [-0.39, 0.29) is 12.0 Å². The highest BCUT2D eigenvalue weighted by molar-refractivity contribution is 7.99. The number of hydrogen-bond donors (Lipinski definition) is 2. The molecule has 0 aliphatic carbocycles. The van der Waals surface area contributed by atoms with Crippen molar-refractivity contribution in [1.29, 1.82) is 0 Å². The summed E-state index contributed by atoms with van der Waals surface area (Å²) in [4.78, 5) is 13.0. The molecule has 0 saturated heterocycles. The maximum absolute atomic E-state index is 11.8. The van der Waals surface area contributed by atoms with Gasteiger partial charge in [0.05, 0.1) is 6.10 Å². The molecule has 0 aromatic heterocycles. The highest BCUT2D eigenvalue weighted by Crippen LogP contribution is 2.17. The van der Waals surface area contributed by atoms with Gasteiger partial charge in [-0.15, -0.1) is 11.8 Å². The van der Waals surface area contributed by atoms with Crippen molar-refractivity contribution in [2.24, 2.45) is 0 Å². The third-order valence-corrected chi connectivity index (χ3v) is 3.56. The highest BCUT2D eigenvalue weighted by atomic mass is 32.2. The fourth-order valence-corrected chi connectivity index (χ4v) is 2.19. The topological polar surface area (TPSA) is 49.3 Å². The first-order valence-corrected chi connectivity index (χ1v) is 7.35. The van der Waals surface area contributed by atoms with Crippen LogP contribution < -0.4 is 5.32 Å². The molecule has 1 aromatic rings. The van der Waals surface area contributed by atoms with E-state index in [0.717, 1.165) is 12.2 Å². The second-order valence-electron chi connectivity index (χ2n) is 4.06. The van der Waals surface area contributed by atoms with Crippen molar-refractivity contribution in [3.8, 4) is 0 Å². The lowest BCUT2D eigenvalue weighted by atomic mass is 10.2. The molecule has 0 spiro atoms. The maximum Gasteiger partial charge on any atom is 0.251 e. The number of aliphatic hydroxyl groups excluding tert-OH is 1. The molecule has 4 heteroatoms. The molecule has 0 fully saturated rings. The van der Waals surface area contributed by atoms with Gasteiger partial charge in [0.15, 0.2) is 0 Å². The van der Waals surface area contributed by atoms with Crippen molar-refractivity contribution in [3.63, 3.8) is 0 Å². The minimum absolute atomic E-state index is 0.0775. The quantitative estimate of drug-likeness (QED) is 0.747. The van der Waals surface area contributed by atoms with Crippen LogP contribution in [0, 0.1) is 0 Å². The normalized spacial score (nSPS) is 12.2. The van der Waals surface area contributed by atoms with Gasteiger partial charge in [-0.3, -0.25) is 4.79 Å². The number of nitrogens with one attached hydrogen (secondary N) is 1. The predicted octanol–water partition coefficient (Wildman–Crippen LogP) is 2.69. The molecule has 1 rings (SSSR count). The van der Waals surface area contributed by atoms with Gasteiger partial charge in [0.1, 0.15) is 0 Å². The highest BCUT2D eigenvalue weighted by Gasteiger charge is 2.06. The summed E-state index contributed by atoms with van der Waals surface area (Å²) in [6.45, 7) is 4.54. The Bertz CT molecular complexity index is 365. The molecule has 0 radical (unpaired) electrons. The molecule has 0 bridgehead atoms. The van der Waals surface area contributed by atoms with E-state index in [1.807, 2.05) is 31.2 Å². The number of carbonyl (C=O) groups excluding carboxylic acids is 1. The van der Waals surface area contributed by atoms with Crippen LogP contribution in [-0.2, 0) is 0 Å². The van der Waals surface area contributed by atoms with E-state index in [2.05, 4.69) is 12.2 Å². The van der Waals surface area contributed by atoms with Crippen LogP contribution in [0.25, 0.3) is 0 Å². The lowest BCUT2D eigenvalue weighted by molar-refractivity contribution is 0.0942. The van der Waals surface area contributed by atoms with Crippen LogP contribution in [0.3, 0.4) is 0 Å². The van der Waals surface area contributed by atoms with Gasteiger partial charge in [0.2, 0.25) is 0 Å². The summed E-state index contributed by atoms with van der Waals surface area (Å²) in [7, 11) is 0. The fourth-order valence-electron chi connectivity index (χ4n) is 1.53. The minimum atomic E-state index is -0.325. The molecule has 0 heterocycles. The van der Waals surface area contributed by atoms with Crippen molar-refractivity contribution in [2.45, 2.75) is 37.7 Å². The van der Waals surface area contributed by atoms with Crippen molar-refractivity contribution >= 4 is 17.7 Å². The maximum atomic E-state index is 11.8. The Morgan fingerprint density at radius 2 is 2.00 bits per heavy atom. The number of thioether (sulfide) groups is 1. The van der Waals surface area contributed by atoms with Crippen LogP contribution in [-0.4, -0.2) is 29.4 Å². The van der Waals surface area contributed by atoms with E-state index >= 15 is 0 Å². The van der Waals surface area contributed by atoms with Crippen LogP contribution >= 0.6 is 11.8 Å².